The summed E-state index contributed by atoms with van der Waals surface area (Å²) >= 11 is 0. The Balaban J connectivity index is 2.46. The third kappa shape index (κ3) is 2.67. The van der Waals surface area contributed by atoms with Crippen LogP contribution in [-0.2, 0) is 4.79 Å². The van der Waals surface area contributed by atoms with E-state index >= 15 is 0 Å². The van der Waals surface area contributed by atoms with Crippen LogP contribution in [0, 0.1) is 0 Å². The summed E-state index contributed by atoms with van der Waals surface area (Å²) < 4.78 is 0. The molecule has 2 N–H and O–H groups in total. The number of aliphatic hydroxyl groups is 1. The van der Waals surface area contributed by atoms with Crippen molar-refractivity contribution in [2.45, 2.75) is 32.4 Å². The lowest BCUT2D eigenvalue weighted by molar-refractivity contribution is -0.141. The number of carbonyl (C=O) groups excluding carboxylic acids is 1. The van der Waals surface area contributed by atoms with Crippen molar-refractivity contribution >= 4 is 5.91 Å². The Morgan fingerprint density at radius 2 is 2.46 bits per heavy atom. The van der Waals surface area contributed by atoms with Gasteiger partial charge in [0.2, 0.25) is 0 Å². The van der Waals surface area contributed by atoms with Gasteiger partial charge in [-0.05, 0) is 13.3 Å². The molecule has 0 saturated carbocycles. The van der Waals surface area contributed by atoms with Crippen molar-refractivity contribution in [3.63, 3.8) is 0 Å². The molecule has 0 aromatic heterocycles. The minimum atomic E-state index is -0.815. The Bertz CT molecular complexity index is 184. The summed E-state index contributed by atoms with van der Waals surface area (Å²) in [5.41, 5.74) is 0. The average Bonchev–Trinajstić information content (AvgIpc) is 2.15. The molecule has 1 saturated heterocycles. The normalized spacial score (nSPS) is 25.8. The summed E-state index contributed by atoms with van der Waals surface area (Å²) in [5.74, 6) is -0.129. The van der Waals surface area contributed by atoms with E-state index in [1.807, 2.05) is 13.8 Å². The van der Waals surface area contributed by atoms with Gasteiger partial charge in [0.1, 0.15) is 6.10 Å². The van der Waals surface area contributed by atoms with Crippen molar-refractivity contribution in [3.05, 3.63) is 0 Å². The number of nitrogens with one attached hydrogen (secondary N) is 1. The van der Waals surface area contributed by atoms with Crippen LogP contribution in [0.2, 0.25) is 0 Å². The van der Waals surface area contributed by atoms with Gasteiger partial charge in [0.25, 0.3) is 5.91 Å². The third-order valence-corrected chi connectivity index (χ3v) is 2.35. The van der Waals surface area contributed by atoms with Gasteiger partial charge in [0.15, 0.2) is 0 Å². The van der Waals surface area contributed by atoms with E-state index in [9.17, 15) is 9.90 Å². The largest absolute Gasteiger partial charge is 0.383 e. The van der Waals surface area contributed by atoms with E-state index < -0.39 is 6.10 Å². The number of amides is 1. The Kier molecular flexibility index (Phi) is 3.69. The lowest BCUT2D eigenvalue weighted by atomic mass is 10.2. The molecule has 2 unspecified atom stereocenters. The van der Waals surface area contributed by atoms with Crippen LogP contribution in [0.3, 0.4) is 0 Å². The fourth-order valence-electron chi connectivity index (χ4n) is 1.52. The molecule has 0 aromatic carbocycles. The standard InChI is InChI=1S/C9H18N2O2/c1-3-8(12)9(13)11-5-4-10-7(2)6-11/h7-8,10,12H,3-6H2,1-2H3. The maximum Gasteiger partial charge on any atom is 0.251 e. The second-order valence-electron chi connectivity index (χ2n) is 3.56. The molecule has 1 amide bonds. The molecule has 0 aromatic rings. The predicted octanol–water partition coefficient (Wildman–Crippen LogP) is -0.422. The SMILES string of the molecule is CCC(O)C(=O)N1CCNC(C)C1. The third-order valence-electron chi connectivity index (χ3n) is 2.35. The highest BCUT2D eigenvalue weighted by atomic mass is 16.3. The molecule has 0 aliphatic carbocycles. The number of hydrogen-bond acceptors (Lipinski definition) is 3. The molecule has 4 heteroatoms. The van der Waals surface area contributed by atoms with Crippen LogP contribution in [0.1, 0.15) is 20.3 Å². The Hall–Kier alpha value is -0.610. The molecule has 1 rings (SSSR count). The van der Waals surface area contributed by atoms with Crippen LogP contribution in [0.4, 0.5) is 0 Å². The van der Waals surface area contributed by atoms with Gasteiger partial charge in [-0.15, -0.1) is 0 Å². The van der Waals surface area contributed by atoms with Gasteiger partial charge in [-0.2, -0.15) is 0 Å². The highest BCUT2D eigenvalue weighted by molar-refractivity contribution is 5.80. The molecule has 4 nitrogen and oxygen atoms in total. The Morgan fingerprint density at radius 1 is 1.77 bits per heavy atom. The maximum atomic E-state index is 11.5. The van der Waals surface area contributed by atoms with Gasteiger partial charge < -0.3 is 15.3 Å². The average molecular weight is 186 g/mol. The minimum absolute atomic E-state index is 0.129. The van der Waals surface area contributed by atoms with E-state index in [0.717, 1.165) is 6.54 Å². The van der Waals surface area contributed by atoms with E-state index in [4.69, 9.17) is 0 Å². The lowest BCUT2D eigenvalue weighted by Gasteiger charge is -2.33. The van der Waals surface area contributed by atoms with Gasteiger partial charge in [0.05, 0.1) is 0 Å². The van der Waals surface area contributed by atoms with Crippen LogP contribution in [0.25, 0.3) is 0 Å². The van der Waals surface area contributed by atoms with E-state index in [-0.39, 0.29) is 5.91 Å². The minimum Gasteiger partial charge on any atom is -0.383 e. The number of aliphatic hydroxyl groups excluding tert-OH is 1. The zero-order valence-corrected chi connectivity index (χ0v) is 8.29. The molecule has 1 fully saturated rings. The summed E-state index contributed by atoms with van der Waals surface area (Å²) in [6.07, 6.45) is -0.317. The fourth-order valence-corrected chi connectivity index (χ4v) is 1.52. The summed E-state index contributed by atoms with van der Waals surface area (Å²) in [6, 6.07) is 0.335. The quantitative estimate of drug-likeness (QED) is 0.615. The van der Waals surface area contributed by atoms with Gasteiger partial charge >= 0.3 is 0 Å². The van der Waals surface area contributed by atoms with Gasteiger partial charge in [-0.3, -0.25) is 4.79 Å². The second-order valence-corrected chi connectivity index (χ2v) is 3.56. The van der Waals surface area contributed by atoms with Crippen LogP contribution < -0.4 is 5.32 Å². The highest BCUT2D eigenvalue weighted by Gasteiger charge is 2.24. The topological polar surface area (TPSA) is 52.6 Å². The van der Waals surface area contributed by atoms with Gasteiger partial charge in [-0.1, -0.05) is 6.92 Å². The monoisotopic (exact) mass is 186 g/mol. The first-order chi connectivity index (χ1) is 6.15. The van der Waals surface area contributed by atoms with Gasteiger partial charge in [-0.25, -0.2) is 0 Å². The van der Waals surface area contributed by atoms with E-state index in [1.165, 1.54) is 0 Å². The smallest absolute Gasteiger partial charge is 0.251 e. The van der Waals surface area contributed by atoms with Crippen molar-refractivity contribution in [2.75, 3.05) is 19.6 Å². The molecule has 1 aliphatic heterocycles. The van der Waals surface area contributed by atoms with Crippen molar-refractivity contribution in [1.82, 2.24) is 10.2 Å². The number of rotatable bonds is 2. The predicted molar refractivity (Wildman–Crippen MR) is 50.3 cm³/mol. The molecule has 13 heavy (non-hydrogen) atoms. The Morgan fingerprint density at radius 3 is 3.00 bits per heavy atom. The molecule has 1 heterocycles. The molecule has 0 spiro atoms. The number of hydrogen-bond donors (Lipinski definition) is 2. The number of piperazine rings is 1. The molecule has 1 aliphatic rings. The molecular weight excluding hydrogens is 168 g/mol. The second kappa shape index (κ2) is 4.58. The zero-order valence-electron chi connectivity index (χ0n) is 8.29. The molecular formula is C9H18N2O2. The van der Waals surface area contributed by atoms with Crippen molar-refractivity contribution in [3.8, 4) is 0 Å². The summed E-state index contributed by atoms with van der Waals surface area (Å²) in [7, 11) is 0. The molecule has 0 bridgehead atoms. The van der Waals surface area contributed by atoms with Crippen LogP contribution in [-0.4, -0.2) is 47.7 Å². The molecule has 0 radical (unpaired) electrons. The fraction of sp³-hybridized carbons (Fsp3) is 0.889. The zero-order chi connectivity index (χ0) is 9.84. The van der Waals surface area contributed by atoms with Crippen molar-refractivity contribution < 1.29 is 9.90 Å². The van der Waals surface area contributed by atoms with Crippen LogP contribution >= 0.6 is 0 Å². The lowest BCUT2D eigenvalue weighted by Crippen LogP contribution is -2.53. The maximum absolute atomic E-state index is 11.5. The number of nitrogens with zero attached hydrogens (tertiary/aromatic N) is 1. The van der Waals surface area contributed by atoms with Crippen LogP contribution in [0.5, 0.6) is 0 Å². The van der Waals surface area contributed by atoms with Crippen molar-refractivity contribution in [1.29, 1.82) is 0 Å². The molecule has 2 atom stereocenters. The van der Waals surface area contributed by atoms with Crippen LogP contribution in [0.15, 0.2) is 0 Å². The summed E-state index contributed by atoms with van der Waals surface area (Å²) in [5, 5.41) is 12.6. The summed E-state index contributed by atoms with van der Waals surface area (Å²) in [4.78, 5) is 13.3. The first kappa shape index (κ1) is 10.5. The Labute approximate surface area is 78.9 Å². The summed E-state index contributed by atoms with van der Waals surface area (Å²) in [6.45, 7) is 6.09. The van der Waals surface area contributed by atoms with Gasteiger partial charge in [0, 0.05) is 25.7 Å². The first-order valence-electron chi connectivity index (χ1n) is 4.85. The first-order valence-corrected chi connectivity index (χ1v) is 4.85. The van der Waals surface area contributed by atoms with Crippen molar-refractivity contribution in [2.24, 2.45) is 0 Å². The van der Waals surface area contributed by atoms with E-state index in [2.05, 4.69) is 5.32 Å². The molecule has 76 valence electrons. The van der Waals surface area contributed by atoms with E-state index in [1.54, 1.807) is 4.90 Å². The van der Waals surface area contributed by atoms with E-state index in [0.29, 0.717) is 25.6 Å². The number of carbonyl (C=O) groups is 1. The highest BCUT2D eigenvalue weighted by Crippen LogP contribution is 2.03.